The lowest BCUT2D eigenvalue weighted by Gasteiger charge is -1.90. The lowest BCUT2D eigenvalue weighted by Crippen LogP contribution is -2.02. The summed E-state index contributed by atoms with van der Waals surface area (Å²) in [6.45, 7) is 0. The molecule has 0 aromatic heterocycles. The molecule has 1 aliphatic rings. The molecule has 0 N–H and O–H groups in total. The minimum absolute atomic E-state index is 0.0948. The van der Waals surface area contributed by atoms with Crippen LogP contribution in [0.2, 0.25) is 0 Å². The molecule has 0 amide bonds. The summed E-state index contributed by atoms with van der Waals surface area (Å²) in [5.74, 6) is 0. The van der Waals surface area contributed by atoms with Gasteiger partial charge in [0.1, 0.15) is 0 Å². The highest BCUT2D eigenvalue weighted by Crippen LogP contribution is 2.31. The van der Waals surface area contributed by atoms with Crippen molar-refractivity contribution in [1.82, 2.24) is 0 Å². The van der Waals surface area contributed by atoms with Gasteiger partial charge in [-0.1, -0.05) is 34.9 Å². The number of allylic oxidation sites excluding steroid dienone is 4. The molecular formula is C11H10OP+. The molecule has 2 rings (SSSR count). The van der Waals surface area contributed by atoms with Crippen molar-refractivity contribution in [2.45, 2.75) is 5.66 Å². The van der Waals surface area contributed by atoms with E-state index in [0.717, 1.165) is 5.30 Å². The summed E-state index contributed by atoms with van der Waals surface area (Å²) in [4.78, 5) is 0. The first-order valence-corrected chi connectivity index (χ1v) is 5.57. The molecule has 2 heteroatoms. The minimum Gasteiger partial charge on any atom is -0.0670 e. The quantitative estimate of drug-likeness (QED) is 0.653. The van der Waals surface area contributed by atoms with Crippen LogP contribution in [0.15, 0.2) is 54.6 Å². The van der Waals surface area contributed by atoms with E-state index < -0.39 is 7.80 Å². The van der Waals surface area contributed by atoms with Crippen molar-refractivity contribution in [3.05, 3.63) is 54.6 Å². The van der Waals surface area contributed by atoms with Crippen molar-refractivity contribution >= 4 is 13.1 Å². The van der Waals surface area contributed by atoms with Crippen LogP contribution in [0.3, 0.4) is 0 Å². The molecule has 1 aromatic carbocycles. The van der Waals surface area contributed by atoms with Gasteiger partial charge in [-0.25, -0.2) is 0 Å². The van der Waals surface area contributed by atoms with E-state index in [1.54, 1.807) is 0 Å². The number of benzene rings is 1. The second-order valence-electron chi connectivity index (χ2n) is 2.92. The Morgan fingerprint density at radius 2 is 1.62 bits per heavy atom. The van der Waals surface area contributed by atoms with E-state index in [1.807, 2.05) is 54.6 Å². The molecule has 0 saturated carbocycles. The molecule has 0 radical (unpaired) electrons. The first-order chi connectivity index (χ1) is 6.38. The molecule has 1 aliphatic carbocycles. The van der Waals surface area contributed by atoms with Gasteiger partial charge in [-0.3, -0.25) is 0 Å². The minimum atomic E-state index is -1.30. The van der Waals surface area contributed by atoms with E-state index >= 15 is 0 Å². The normalized spacial score (nSPS) is 16.5. The largest absolute Gasteiger partial charge is 0.388 e. The van der Waals surface area contributed by atoms with E-state index in [1.165, 1.54) is 0 Å². The summed E-state index contributed by atoms with van der Waals surface area (Å²) in [5.41, 5.74) is 0.0948. The first-order valence-electron chi connectivity index (χ1n) is 4.24. The van der Waals surface area contributed by atoms with Crippen molar-refractivity contribution in [2.24, 2.45) is 0 Å². The van der Waals surface area contributed by atoms with Crippen LogP contribution in [0.5, 0.6) is 0 Å². The van der Waals surface area contributed by atoms with Gasteiger partial charge in [-0.15, -0.1) is 0 Å². The van der Waals surface area contributed by atoms with Gasteiger partial charge in [-0.05, 0) is 24.3 Å². The first kappa shape index (κ1) is 8.40. The maximum Gasteiger partial charge on any atom is 0.388 e. The van der Waals surface area contributed by atoms with Gasteiger partial charge in [-0.2, -0.15) is 0 Å². The molecule has 0 spiro atoms. The fourth-order valence-electron chi connectivity index (χ4n) is 1.32. The third kappa shape index (κ3) is 1.76. The van der Waals surface area contributed by atoms with Crippen LogP contribution in [0.4, 0.5) is 0 Å². The highest BCUT2D eigenvalue weighted by atomic mass is 31.1. The summed E-state index contributed by atoms with van der Waals surface area (Å²) in [6.07, 6.45) is 7.85. The maximum atomic E-state index is 11.9. The van der Waals surface area contributed by atoms with E-state index in [2.05, 4.69) is 0 Å². The van der Waals surface area contributed by atoms with Gasteiger partial charge in [0.2, 0.25) is 0 Å². The predicted molar refractivity (Wildman–Crippen MR) is 55.8 cm³/mol. The van der Waals surface area contributed by atoms with Gasteiger partial charge in [0, 0.05) is 0 Å². The Morgan fingerprint density at radius 1 is 1.00 bits per heavy atom. The molecular weight excluding hydrogens is 179 g/mol. The Balaban J connectivity index is 2.23. The molecule has 1 aromatic rings. The zero-order valence-electron chi connectivity index (χ0n) is 7.13. The number of hydrogen-bond donors (Lipinski definition) is 0. The Hall–Kier alpha value is -1.20. The lowest BCUT2D eigenvalue weighted by molar-refractivity contribution is 0.592. The maximum absolute atomic E-state index is 11.9. The second kappa shape index (κ2) is 3.68. The molecule has 0 heterocycles. The highest BCUT2D eigenvalue weighted by Gasteiger charge is 2.28. The smallest absolute Gasteiger partial charge is 0.0670 e. The predicted octanol–water partition coefficient (Wildman–Crippen LogP) is 2.63. The summed E-state index contributed by atoms with van der Waals surface area (Å²) in [5, 5.41) is 0.929. The fraction of sp³-hybridized carbons (Fsp3) is 0.0909. The average Bonchev–Trinajstić information content (AvgIpc) is 2.71. The third-order valence-electron chi connectivity index (χ3n) is 2.01. The Kier molecular flexibility index (Phi) is 2.37. The summed E-state index contributed by atoms with van der Waals surface area (Å²) in [6, 6.07) is 9.61. The van der Waals surface area contributed by atoms with Crippen LogP contribution in [-0.2, 0) is 4.57 Å². The molecule has 0 saturated heterocycles. The summed E-state index contributed by atoms with van der Waals surface area (Å²) in [7, 11) is -1.30. The van der Waals surface area contributed by atoms with Gasteiger partial charge >= 0.3 is 7.80 Å². The Morgan fingerprint density at radius 3 is 2.23 bits per heavy atom. The van der Waals surface area contributed by atoms with E-state index in [-0.39, 0.29) is 5.66 Å². The summed E-state index contributed by atoms with van der Waals surface area (Å²) < 4.78 is 11.9. The van der Waals surface area contributed by atoms with Crippen LogP contribution in [0, 0.1) is 0 Å². The molecule has 1 atom stereocenters. The third-order valence-corrected chi connectivity index (χ3v) is 3.70. The molecule has 1 nitrogen and oxygen atoms in total. The standard InChI is InChI=1S/C11H10OP/c12-13(11-8-4-5-9-11)10-6-2-1-3-7-10/h1-9,11H/q+1. The number of rotatable bonds is 2. The Bertz CT molecular complexity index is 353. The van der Waals surface area contributed by atoms with E-state index in [4.69, 9.17) is 0 Å². The highest BCUT2D eigenvalue weighted by molar-refractivity contribution is 7.54. The average molecular weight is 189 g/mol. The molecule has 64 valence electrons. The van der Waals surface area contributed by atoms with Crippen molar-refractivity contribution in [3.8, 4) is 0 Å². The van der Waals surface area contributed by atoms with E-state index in [9.17, 15) is 4.57 Å². The molecule has 0 bridgehead atoms. The van der Waals surface area contributed by atoms with Crippen LogP contribution < -0.4 is 5.30 Å². The number of hydrogen-bond acceptors (Lipinski definition) is 1. The van der Waals surface area contributed by atoms with Crippen LogP contribution in [-0.4, -0.2) is 5.66 Å². The van der Waals surface area contributed by atoms with Crippen molar-refractivity contribution in [2.75, 3.05) is 0 Å². The van der Waals surface area contributed by atoms with Crippen molar-refractivity contribution in [3.63, 3.8) is 0 Å². The molecule has 0 fully saturated rings. The molecule has 1 unspecified atom stereocenters. The topological polar surface area (TPSA) is 17.1 Å². The zero-order chi connectivity index (χ0) is 9.10. The van der Waals surface area contributed by atoms with Gasteiger partial charge in [0.15, 0.2) is 11.0 Å². The van der Waals surface area contributed by atoms with E-state index in [0.29, 0.717) is 0 Å². The van der Waals surface area contributed by atoms with Crippen LogP contribution in [0.25, 0.3) is 0 Å². The van der Waals surface area contributed by atoms with Gasteiger partial charge < -0.3 is 0 Å². The molecule has 13 heavy (non-hydrogen) atoms. The van der Waals surface area contributed by atoms with Crippen LogP contribution >= 0.6 is 7.80 Å². The van der Waals surface area contributed by atoms with Gasteiger partial charge in [0.25, 0.3) is 0 Å². The Labute approximate surface area is 78.6 Å². The zero-order valence-corrected chi connectivity index (χ0v) is 8.02. The molecule has 0 aliphatic heterocycles. The van der Waals surface area contributed by atoms with Crippen molar-refractivity contribution < 1.29 is 4.57 Å². The monoisotopic (exact) mass is 189 g/mol. The second-order valence-corrected chi connectivity index (χ2v) is 4.69. The summed E-state index contributed by atoms with van der Waals surface area (Å²) >= 11 is 0. The lowest BCUT2D eigenvalue weighted by atomic mass is 10.4. The van der Waals surface area contributed by atoms with Crippen LogP contribution in [0.1, 0.15) is 0 Å². The van der Waals surface area contributed by atoms with Crippen molar-refractivity contribution in [1.29, 1.82) is 0 Å². The fourth-order valence-corrected chi connectivity index (χ4v) is 2.65. The van der Waals surface area contributed by atoms with Gasteiger partial charge in [0.05, 0.1) is 0 Å². The SMILES string of the molecule is O=[P+](c1ccccc1)C1C=CC=C1.